The molecule has 0 aliphatic carbocycles. The van der Waals surface area contributed by atoms with Crippen molar-refractivity contribution in [2.45, 2.75) is 18.6 Å². The molecule has 86 valence electrons. The number of rotatable bonds is 3. The van der Waals surface area contributed by atoms with Gasteiger partial charge in [-0.05, 0) is 17.7 Å². The molecule has 4 nitrogen and oxygen atoms in total. The zero-order chi connectivity index (χ0) is 12.3. The maximum absolute atomic E-state index is 13.0. The summed E-state index contributed by atoms with van der Waals surface area (Å²) in [7, 11) is 0. The number of aliphatic hydroxyl groups is 2. The lowest BCUT2D eigenvalue weighted by molar-refractivity contribution is 0.0213. The number of hydrogen-bond donors (Lipinski definition) is 3. The minimum absolute atomic E-state index is 0.160. The summed E-state index contributed by atoms with van der Waals surface area (Å²) in [6.45, 7) is 0. The Balaban J connectivity index is 3.01. The first-order chi connectivity index (χ1) is 7.47. The summed E-state index contributed by atoms with van der Waals surface area (Å²) in [5, 5.41) is 27.1. The fraction of sp³-hybridized carbons (Fsp3) is 0.300. The van der Waals surface area contributed by atoms with Crippen LogP contribution in [0.2, 0.25) is 0 Å². The van der Waals surface area contributed by atoms with Gasteiger partial charge in [0.25, 0.3) is 0 Å². The minimum Gasteiger partial charge on any atom is -0.394 e. The molecule has 0 aliphatic rings. The number of hydrogen-bond acceptors (Lipinski definition) is 4. The van der Waals surface area contributed by atoms with E-state index in [9.17, 15) is 19.0 Å². The van der Waals surface area contributed by atoms with Crippen molar-refractivity contribution in [1.82, 2.24) is 0 Å². The van der Waals surface area contributed by atoms with Crippen LogP contribution in [0.15, 0.2) is 12.1 Å². The maximum Gasteiger partial charge on any atom is 0.149 e. The van der Waals surface area contributed by atoms with Gasteiger partial charge < -0.3 is 15.9 Å². The summed E-state index contributed by atoms with van der Waals surface area (Å²) in [5.41, 5.74) is 4.23. The van der Waals surface area contributed by atoms with Gasteiger partial charge >= 0.3 is 0 Å². The van der Waals surface area contributed by atoms with Gasteiger partial charge in [-0.3, -0.25) is 0 Å². The average Bonchev–Trinajstić information content (AvgIpc) is 2.24. The first-order valence-electron chi connectivity index (χ1n) is 4.45. The first kappa shape index (κ1) is 12.4. The number of nitriles is 1. The molecule has 0 spiro atoms. The van der Waals surface area contributed by atoms with E-state index in [0.29, 0.717) is 0 Å². The molecule has 0 amide bonds. The van der Waals surface area contributed by atoms with Crippen molar-refractivity contribution in [2.75, 3.05) is 5.73 Å². The average molecular weight is 228 g/mol. The highest BCUT2D eigenvalue weighted by Gasteiger charge is 2.20. The van der Waals surface area contributed by atoms with Crippen molar-refractivity contribution in [3.8, 4) is 6.07 Å². The smallest absolute Gasteiger partial charge is 0.149 e. The number of aliphatic hydroxyl groups excluding tert-OH is 2. The molecular formula is C10H10F2N2O2. The van der Waals surface area contributed by atoms with Crippen LogP contribution in [0.4, 0.5) is 14.5 Å². The number of nitrogens with two attached hydrogens (primary N) is 1. The van der Waals surface area contributed by atoms with E-state index in [1.54, 1.807) is 6.07 Å². The van der Waals surface area contributed by atoms with Crippen LogP contribution in [-0.4, -0.2) is 16.3 Å². The molecule has 2 atom stereocenters. The van der Waals surface area contributed by atoms with Gasteiger partial charge in [-0.1, -0.05) is 0 Å². The summed E-state index contributed by atoms with van der Waals surface area (Å²) >= 11 is 0. The lowest BCUT2D eigenvalue weighted by Crippen LogP contribution is -2.18. The molecular weight excluding hydrogens is 218 g/mol. The predicted molar refractivity (Wildman–Crippen MR) is 52.0 cm³/mol. The molecule has 6 heteroatoms. The zero-order valence-electron chi connectivity index (χ0n) is 8.19. The predicted octanol–water partition coefficient (Wildman–Crippen LogP) is 0.855. The Morgan fingerprint density at radius 1 is 1.31 bits per heavy atom. The fourth-order valence-electron chi connectivity index (χ4n) is 1.20. The van der Waals surface area contributed by atoms with Gasteiger partial charge in [0.05, 0.1) is 18.6 Å². The Morgan fingerprint density at radius 2 is 1.81 bits per heavy atom. The Bertz CT molecular complexity index is 408. The van der Waals surface area contributed by atoms with Crippen molar-refractivity contribution in [2.24, 2.45) is 0 Å². The highest BCUT2D eigenvalue weighted by atomic mass is 19.1. The Hall–Kier alpha value is -1.71. The van der Waals surface area contributed by atoms with Crippen LogP contribution in [0.1, 0.15) is 18.1 Å². The molecule has 1 aromatic rings. The number of halogens is 2. The SMILES string of the molecule is N#CCC(O)C(O)c1cc(F)c(N)c(F)c1. The second-order valence-corrected chi connectivity index (χ2v) is 3.27. The molecule has 2 unspecified atom stereocenters. The molecule has 0 bridgehead atoms. The Morgan fingerprint density at radius 3 is 2.25 bits per heavy atom. The van der Waals surface area contributed by atoms with E-state index in [-0.39, 0.29) is 12.0 Å². The van der Waals surface area contributed by atoms with Gasteiger partial charge in [-0.25, -0.2) is 8.78 Å². The van der Waals surface area contributed by atoms with Crippen LogP contribution < -0.4 is 5.73 Å². The van der Waals surface area contributed by atoms with Crippen molar-refractivity contribution < 1.29 is 19.0 Å². The fourth-order valence-corrected chi connectivity index (χ4v) is 1.20. The van der Waals surface area contributed by atoms with Crippen molar-refractivity contribution in [3.05, 3.63) is 29.3 Å². The van der Waals surface area contributed by atoms with E-state index >= 15 is 0 Å². The van der Waals surface area contributed by atoms with Gasteiger partial charge in [0.1, 0.15) is 23.4 Å². The number of benzene rings is 1. The van der Waals surface area contributed by atoms with Crippen LogP contribution in [0.25, 0.3) is 0 Å². The Kier molecular flexibility index (Phi) is 3.77. The molecule has 16 heavy (non-hydrogen) atoms. The summed E-state index contributed by atoms with van der Waals surface area (Å²) in [4.78, 5) is 0. The quantitative estimate of drug-likeness (QED) is 0.669. The number of anilines is 1. The van der Waals surface area contributed by atoms with E-state index in [4.69, 9.17) is 11.0 Å². The second-order valence-electron chi connectivity index (χ2n) is 3.27. The standard InChI is InChI=1S/C10H10F2N2O2/c11-6-3-5(4-7(12)9(6)14)10(16)8(15)1-2-13/h3-4,8,10,15-16H,1,14H2. The highest BCUT2D eigenvalue weighted by Crippen LogP contribution is 2.24. The van der Waals surface area contributed by atoms with E-state index in [0.717, 1.165) is 12.1 Å². The summed E-state index contributed by atoms with van der Waals surface area (Å²) < 4.78 is 26.1. The third-order valence-corrected chi connectivity index (χ3v) is 2.11. The topological polar surface area (TPSA) is 90.3 Å². The molecule has 0 radical (unpaired) electrons. The Labute approximate surface area is 90.5 Å². The first-order valence-corrected chi connectivity index (χ1v) is 4.45. The van der Waals surface area contributed by atoms with E-state index in [1.165, 1.54) is 0 Å². The van der Waals surface area contributed by atoms with Crippen LogP contribution in [0.3, 0.4) is 0 Å². The van der Waals surface area contributed by atoms with Gasteiger partial charge in [0, 0.05) is 0 Å². The third-order valence-electron chi connectivity index (χ3n) is 2.11. The lowest BCUT2D eigenvalue weighted by Gasteiger charge is -2.16. The number of nitrogen functional groups attached to an aromatic ring is 1. The molecule has 0 aromatic heterocycles. The lowest BCUT2D eigenvalue weighted by atomic mass is 10.0. The molecule has 0 aliphatic heterocycles. The van der Waals surface area contributed by atoms with Gasteiger partial charge in [0.15, 0.2) is 0 Å². The maximum atomic E-state index is 13.0. The van der Waals surface area contributed by atoms with E-state index in [2.05, 4.69) is 0 Å². The summed E-state index contributed by atoms with van der Waals surface area (Å²) in [5.74, 6) is -2.03. The molecule has 0 heterocycles. The summed E-state index contributed by atoms with van der Waals surface area (Å²) in [6.07, 6.45) is -3.26. The minimum atomic E-state index is -1.52. The van der Waals surface area contributed by atoms with E-state index in [1.807, 2.05) is 0 Å². The van der Waals surface area contributed by atoms with E-state index < -0.39 is 29.5 Å². The van der Waals surface area contributed by atoms with Crippen LogP contribution in [0, 0.1) is 23.0 Å². The van der Waals surface area contributed by atoms with Gasteiger partial charge in [-0.2, -0.15) is 5.26 Å². The van der Waals surface area contributed by atoms with Crippen LogP contribution in [0.5, 0.6) is 0 Å². The largest absolute Gasteiger partial charge is 0.394 e. The zero-order valence-corrected chi connectivity index (χ0v) is 8.19. The molecule has 1 rings (SSSR count). The molecule has 0 saturated carbocycles. The monoisotopic (exact) mass is 228 g/mol. The normalized spacial score (nSPS) is 14.2. The van der Waals surface area contributed by atoms with Crippen LogP contribution in [-0.2, 0) is 0 Å². The molecule has 0 fully saturated rings. The van der Waals surface area contributed by atoms with Crippen molar-refractivity contribution >= 4 is 5.69 Å². The molecule has 0 saturated heterocycles. The number of nitrogens with zero attached hydrogens (tertiary/aromatic N) is 1. The van der Waals surface area contributed by atoms with Crippen molar-refractivity contribution in [3.63, 3.8) is 0 Å². The third kappa shape index (κ3) is 2.45. The second kappa shape index (κ2) is 4.88. The molecule has 1 aromatic carbocycles. The highest BCUT2D eigenvalue weighted by molar-refractivity contribution is 5.43. The van der Waals surface area contributed by atoms with Crippen molar-refractivity contribution in [1.29, 1.82) is 5.26 Å². The molecule has 4 N–H and O–H groups in total. The van der Waals surface area contributed by atoms with Crippen LogP contribution >= 0.6 is 0 Å². The van der Waals surface area contributed by atoms with Gasteiger partial charge in [0.2, 0.25) is 0 Å². The summed E-state index contributed by atoms with van der Waals surface area (Å²) in [6, 6.07) is 3.28. The van der Waals surface area contributed by atoms with Gasteiger partial charge in [-0.15, -0.1) is 0 Å².